The Labute approximate surface area is 138 Å². The highest BCUT2D eigenvalue weighted by atomic mass is 16.5. The van der Waals surface area contributed by atoms with Crippen LogP contribution in [0.4, 0.5) is 5.82 Å². The minimum Gasteiger partial charge on any atom is -0.453 e. The average molecular weight is 327 g/mol. The van der Waals surface area contributed by atoms with Gasteiger partial charge in [0.1, 0.15) is 24.5 Å². The molecule has 8 nitrogen and oxygen atoms in total. The highest BCUT2D eigenvalue weighted by Gasteiger charge is 2.13. The minimum atomic E-state index is -0.393. The van der Waals surface area contributed by atoms with E-state index >= 15 is 0 Å². The fourth-order valence-electron chi connectivity index (χ4n) is 1.95. The fraction of sp³-hybridized carbons (Fsp3) is 0.250. The van der Waals surface area contributed by atoms with Crippen molar-refractivity contribution in [2.24, 2.45) is 0 Å². The lowest BCUT2D eigenvalue weighted by Crippen LogP contribution is -2.13. The molecule has 0 aliphatic carbocycles. The van der Waals surface area contributed by atoms with Crippen LogP contribution in [-0.2, 0) is 11.3 Å². The molecule has 1 N–H and O–H groups in total. The Morgan fingerprint density at radius 1 is 1.38 bits per heavy atom. The number of furan rings is 1. The number of ether oxygens (including phenoxy) is 1. The molecule has 0 spiro atoms. The molecule has 0 fully saturated rings. The van der Waals surface area contributed by atoms with Crippen molar-refractivity contribution in [1.29, 1.82) is 0 Å². The van der Waals surface area contributed by atoms with Crippen molar-refractivity contribution in [1.82, 2.24) is 19.7 Å². The van der Waals surface area contributed by atoms with Crippen LogP contribution in [0.15, 0.2) is 47.4 Å². The van der Waals surface area contributed by atoms with Gasteiger partial charge in [0.2, 0.25) is 0 Å². The van der Waals surface area contributed by atoms with Gasteiger partial charge in [-0.2, -0.15) is 5.10 Å². The Balaban J connectivity index is 1.68. The Morgan fingerprint density at radius 3 is 3.00 bits per heavy atom. The molecule has 0 aliphatic heterocycles. The summed E-state index contributed by atoms with van der Waals surface area (Å²) in [6.07, 6.45) is 4.84. The largest absolute Gasteiger partial charge is 0.453 e. The van der Waals surface area contributed by atoms with E-state index in [1.165, 1.54) is 6.33 Å². The normalized spacial score (nSPS) is 11.0. The summed E-state index contributed by atoms with van der Waals surface area (Å²) in [5.74, 6) is 1.30. The highest BCUT2D eigenvalue weighted by Crippen LogP contribution is 2.13. The molecule has 24 heavy (non-hydrogen) atoms. The third kappa shape index (κ3) is 3.85. The van der Waals surface area contributed by atoms with E-state index in [0.29, 0.717) is 24.0 Å². The number of aromatic nitrogens is 4. The molecule has 0 saturated heterocycles. The van der Waals surface area contributed by atoms with Crippen LogP contribution in [0.3, 0.4) is 0 Å². The summed E-state index contributed by atoms with van der Waals surface area (Å²) in [4.78, 5) is 20.4. The third-order valence-electron chi connectivity index (χ3n) is 3.08. The first-order valence-corrected chi connectivity index (χ1v) is 7.45. The van der Waals surface area contributed by atoms with Gasteiger partial charge in [0.25, 0.3) is 5.91 Å². The van der Waals surface area contributed by atoms with Gasteiger partial charge in [-0.1, -0.05) is 0 Å². The van der Waals surface area contributed by atoms with E-state index in [2.05, 4.69) is 20.4 Å². The summed E-state index contributed by atoms with van der Waals surface area (Å²) in [6, 6.07) is 6.72. The van der Waals surface area contributed by atoms with Crippen molar-refractivity contribution in [3.8, 4) is 5.82 Å². The van der Waals surface area contributed by atoms with Gasteiger partial charge in [0, 0.05) is 18.5 Å². The molecule has 0 aromatic carbocycles. The maximum Gasteiger partial charge on any atom is 0.292 e. The molecule has 3 aromatic heterocycles. The summed E-state index contributed by atoms with van der Waals surface area (Å²) >= 11 is 0. The molecular weight excluding hydrogens is 310 g/mol. The molecule has 3 aromatic rings. The highest BCUT2D eigenvalue weighted by molar-refractivity contribution is 6.01. The Bertz CT molecular complexity index is 811. The number of rotatable bonds is 6. The molecule has 0 atom stereocenters. The second-order valence-corrected chi connectivity index (χ2v) is 5.29. The van der Waals surface area contributed by atoms with Crippen LogP contribution in [0.25, 0.3) is 5.82 Å². The third-order valence-corrected chi connectivity index (χ3v) is 3.08. The Morgan fingerprint density at radius 2 is 2.25 bits per heavy atom. The summed E-state index contributed by atoms with van der Waals surface area (Å²) in [7, 11) is 0. The van der Waals surface area contributed by atoms with Crippen LogP contribution in [0.1, 0.15) is 30.2 Å². The lowest BCUT2D eigenvalue weighted by molar-refractivity contribution is 0.0537. The number of nitrogens with one attached hydrogen (secondary N) is 1. The molecule has 3 heterocycles. The zero-order chi connectivity index (χ0) is 16.9. The van der Waals surface area contributed by atoms with Crippen molar-refractivity contribution in [2.75, 3.05) is 5.32 Å². The smallest absolute Gasteiger partial charge is 0.292 e. The maximum absolute atomic E-state index is 12.2. The van der Waals surface area contributed by atoms with E-state index in [0.717, 1.165) is 0 Å². The summed E-state index contributed by atoms with van der Waals surface area (Å²) in [5.41, 5.74) is 0. The molecule has 0 saturated carbocycles. The van der Waals surface area contributed by atoms with E-state index in [1.807, 2.05) is 13.8 Å². The predicted octanol–water partition coefficient (Wildman–Crippen LogP) is 2.43. The monoisotopic (exact) mass is 327 g/mol. The topological polar surface area (TPSA) is 95.1 Å². The first kappa shape index (κ1) is 15.9. The van der Waals surface area contributed by atoms with Crippen LogP contribution in [-0.4, -0.2) is 31.8 Å². The zero-order valence-corrected chi connectivity index (χ0v) is 13.3. The van der Waals surface area contributed by atoms with Gasteiger partial charge in [0.15, 0.2) is 11.6 Å². The van der Waals surface area contributed by atoms with Crippen molar-refractivity contribution >= 4 is 11.7 Å². The molecule has 0 bridgehead atoms. The SMILES string of the molecule is CC(C)OCc1ccc(C(=O)Nc2cc(-n3cccn3)ncn2)o1. The van der Waals surface area contributed by atoms with Crippen LogP contribution < -0.4 is 5.32 Å². The van der Waals surface area contributed by atoms with E-state index in [-0.39, 0.29) is 11.9 Å². The van der Waals surface area contributed by atoms with Gasteiger partial charge in [0.05, 0.1) is 6.10 Å². The zero-order valence-electron chi connectivity index (χ0n) is 13.3. The van der Waals surface area contributed by atoms with E-state index in [9.17, 15) is 4.79 Å². The summed E-state index contributed by atoms with van der Waals surface area (Å²) in [5, 5.41) is 6.76. The average Bonchev–Trinajstić information content (AvgIpc) is 3.25. The van der Waals surface area contributed by atoms with Gasteiger partial charge in [-0.15, -0.1) is 0 Å². The first-order chi connectivity index (χ1) is 11.6. The Hall–Kier alpha value is -3.00. The summed E-state index contributed by atoms with van der Waals surface area (Å²) < 4.78 is 12.5. The maximum atomic E-state index is 12.2. The van der Waals surface area contributed by atoms with Crippen molar-refractivity contribution in [3.05, 3.63) is 54.5 Å². The summed E-state index contributed by atoms with van der Waals surface area (Å²) in [6.45, 7) is 4.19. The molecule has 8 heteroatoms. The second kappa shape index (κ2) is 7.05. The lowest BCUT2D eigenvalue weighted by Gasteiger charge is -2.05. The number of amides is 1. The number of nitrogens with zero attached hydrogens (tertiary/aromatic N) is 4. The van der Waals surface area contributed by atoms with Crippen molar-refractivity contribution < 1.29 is 13.9 Å². The second-order valence-electron chi connectivity index (χ2n) is 5.29. The predicted molar refractivity (Wildman–Crippen MR) is 85.7 cm³/mol. The molecule has 0 radical (unpaired) electrons. The van der Waals surface area contributed by atoms with Crippen LogP contribution in [0.5, 0.6) is 0 Å². The standard InChI is InChI=1S/C16H17N5O3/c1-11(2)23-9-12-4-5-13(24-12)16(22)20-14-8-15(18-10-17-14)21-7-3-6-19-21/h3-8,10-11H,9H2,1-2H3,(H,17,18,20,22). The quantitative estimate of drug-likeness (QED) is 0.747. The van der Waals surface area contributed by atoms with Crippen molar-refractivity contribution in [3.63, 3.8) is 0 Å². The van der Waals surface area contributed by atoms with Crippen LogP contribution >= 0.6 is 0 Å². The van der Waals surface area contributed by atoms with Crippen molar-refractivity contribution in [2.45, 2.75) is 26.6 Å². The number of hydrogen-bond donors (Lipinski definition) is 1. The molecule has 0 unspecified atom stereocenters. The Kier molecular flexibility index (Phi) is 4.66. The molecule has 0 aliphatic rings. The number of anilines is 1. The number of carbonyl (C=O) groups excluding carboxylic acids is 1. The fourth-order valence-corrected chi connectivity index (χ4v) is 1.95. The molecule has 3 rings (SSSR count). The minimum absolute atomic E-state index is 0.0918. The molecule has 124 valence electrons. The molecule has 1 amide bonds. The van der Waals surface area contributed by atoms with Gasteiger partial charge < -0.3 is 14.5 Å². The van der Waals surface area contributed by atoms with Gasteiger partial charge in [-0.05, 0) is 32.0 Å². The van der Waals surface area contributed by atoms with Gasteiger partial charge >= 0.3 is 0 Å². The van der Waals surface area contributed by atoms with Crippen LogP contribution in [0.2, 0.25) is 0 Å². The number of carbonyl (C=O) groups is 1. The van der Waals surface area contributed by atoms with Gasteiger partial charge in [-0.3, -0.25) is 4.79 Å². The van der Waals surface area contributed by atoms with Crippen LogP contribution in [0, 0.1) is 0 Å². The molecular formula is C16H17N5O3. The van der Waals surface area contributed by atoms with E-state index in [4.69, 9.17) is 9.15 Å². The van der Waals surface area contributed by atoms with Gasteiger partial charge in [-0.25, -0.2) is 14.6 Å². The first-order valence-electron chi connectivity index (χ1n) is 7.45. The van der Waals surface area contributed by atoms with E-state index in [1.54, 1.807) is 41.3 Å². The van der Waals surface area contributed by atoms with E-state index < -0.39 is 5.91 Å². The lowest BCUT2D eigenvalue weighted by atomic mass is 10.4. The number of hydrogen-bond acceptors (Lipinski definition) is 6.